The number of likely N-dealkylation sites (N-methyl/N-ethyl adjacent to an activating group) is 1. The van der Waals surface area contributed by atoms with E-state index in [0.29, 0.717) is 43.9 Å². The maximum Gasteiger partial charge on any atom is 0.255 e. The summed E-state index contributed by atoms with van der Waals surface area (Å²) in [7, 11) is 1.57. The molecule has 3 rings (SSSR count). The molecule has 0 spiro atoms. The van der Waals surface area contributed by atoms with Gasteiger partial charge in [-0.15, -0.1) is 0 Å². The van der Waals surface area contributed by atoms with Crippen LogP contribution < -0.4 is 20.7 Å². The SMILES string of the molecule is CCCNC(=O)[C@@H]1CC(=O)N(C)[C@@H](Cc2ccccc2)C(=O)NCCCCCCOc2ccccc2C(=O)N1. The van der Waals surface area contributed by atoms with Crippen molar-refractivity contribution in [2.75, 3.05) is 26.7 Å². The molecule has 9 nitrogen and oxygen atoms in total. The van der Waals surface area contributed by atoms with E-state index in [1.165, 1.54) is 4.90 Å². The lowest BCUT2D eigenvalue weighted by atomic mass is 10.0. The second-order valence-corrected chi connectivity index (χ2v) is 9.78. The molecule has 0 bridgehead atoms. The quantitative estimate of drug-likeness (QED) is 0.543. The Hall–Kier alpha value is -3.88. The molecule has 0 unspecified atom stereocenters. The molecule has 210 valence electrons. The molecule has 1 aliphatic heterocycles. The van der Waals surface area contributed by atoms with Crippen LogP contribution in [0, 0.1) is 0 Å². The van der Waals surface area contributed by atoms with E-state index < -0.39 is 29.8 Å². The first kappa shape index (κ1) is 29.7. The first-order chi connectivity index (χ1) is 18.9. The number of carbonyl (C=O) groups excluding carboxylic acids is 4. The zero-order chi connectivity index (χ0) is 28.0. The summed E-state index contributed by atoms with van der Waals surface area (Å²) in [6.07, 6.45) is 4.18. The predicted molar refractivity (Wildman–Crippen MR) is 149 cm³/mol. The van der Waals surface area contributed by atoms with Crippen molar-refractivity contribution in [3.05, 3.63) is 65.7 Å². The molecule has 2 atom stereocenters. The minimum absolute atomic E-state index is 0.246. The highest BCUT2D eigenvalue weighted by Crippen LogP contribution is 2.19. The van der Waals surface area contributed by atoms with Crippen molar-refractivity contribution in [3.63, 3.8) is 0 Å². The van der Waals surface area contributed by atoms with E-state index in [9.17, 15) is 19.2 Å². The van der Waals surface area contributed by atoms with Crippen molar-refractivity contribution in [3.8, 4) is 5.75 Å². The Balaban J connectivity index is 1.88. The van der Waals surface area contributed by atoms with Crippen LogP contribution in [0.1, 0.15) is 61.4 Å². The van der Waals surface area contributed by atoms with Crippen LogP contribution in [0.15, 0.2) is 54.6 Å². The lowest BCUT2D eigenvalue weighted by Gasteiger charge is -2.29. The molecule has 39 heavy (non-hydrogen) atoms. The summed E-state index contributed by atoms with van der Waals surface area (Å²) in [6, 6.07) is 14.5. The summed E-state index contributed by atoms with van der Waals surface area (Å²) in [5, 5.41) is 8.49. The Morgan fingerprint density at radius 1 is 1.00 bits per heavy atom. The third-order valence-corrected chi connectivity index (χ3v) is 6.74. The van der Waals surface area contributed by atoms with Gasteiger partial charge in [0, 0.05) is 26.6 Å². The van der Waals surface area contributed by atoms with Crippen molar-refractivity contribution >= 4 is 23.6 Å². The number of ether oxygens (including phenoxy) is 1. The summed E-state index contributed by atoms with van der Waals surface area (Å²) in [5.41, 5.74) is 1.22. The summed E-state index contributed by atoms with van der Waals surface area (Å²) < 4.78 is 5.88. The van der Waals surface area contributed by atoms with Gasteiger partial charge in [0.2, 0.25) is 17.7 Å². The highest BCUT2D eigenvalue weighted by atomic mass is 16.5. The second kappa shape index (κ2) is 15.5. The molecule has 0 fully saturated rings. The van der Waals surface area contributed by atoms with Gasteiger partial charge >= 0.3 is 0 Å². The van der Waals surface area contributed by atoms with Crippen LogP contribution >= 0.6 is 0 Å². The van der Waals surface area contributed by atoms with E-state index in [-0.39, 0.29) is 12.3 Å². The lowest BCUT2D eigenvalue weighted by Crippen LogP contribution is -2.53. The Morgan fingerprint density at radius 2 is 1.72 bits per heavy atom. The maximum atomic E-state index is 13.5. The first-order valence-electron chi connectivity index (χ1n) is 13.8. The van der Waals surface area contributed by atoms with Crippen molar-refractivity contribution < 1.29 is 23.9 Å². The number of fused-ring (bicyclic) bond motifs is 1. The van der Waals surface area contributed by atoms with E-state index in [4.69, 9.17) is 4.74 Å². The third-order valence-electron chi connectivity index (χ3n) is 6.74. The van der Waals surface area contributed by atoms with Crippen LogP contribution in [0.25, 0.3) is 0 Å². The van der Waals surface area contributed by atoms with Gasteiger partial charge < -0.3 is 25.6 Å². The van der Waals surface area contributed by atoms with E-state index in [1.54, 1.807) is 31.3 Å². The highest BCUT2D eigenvalue weighted by Gasteiger charge is 2.31. The fraction of sp³-hybridized carbons (Fsp3) is 0.467. The average molecular weight is 537 g/mol. The van der Waals surface area contributed by atoms with E-state index in [2.05, 4.69) is 16.0 Å². The van der Waals surface area contributed by atoms with Crippen molar-refractivity contribution in [2.45, 2.75) is 64.0 Å². The van der Waals surface area contributed by atoms with E-state index in [1.807, 2.05) is 37.3 Å². The Morgan fingerprint density at radius 3 is 2.49 bits per heavy atom. The molecule has 0 saturated heterocycles. The summed E-state index contributed by atoms with van der Waals surface area (Å²) in [6.45, 7) is 3.28. The van der Waals surface area contributed by atoms with Crippen LogP contribution in [0.5, 0.6) is 5.75 Å². The Bertz CT molecular complexity index is 1110. The smallest absolute Gasteiger partial charge is 0.255 e. The van der Waals surface area contributed by atoms with Gasteiger partial charge in [-0.05, 0) is 37.0 Å². The molecule has 1 heterocycles. The number of amides is 4. The number of carbonyl (C=O) groups is 4. The summed E-state index contributed by atoms with van der Waals surface area (Å²) in [4.78, 5) is 54.4. The molecule has 0 saturated carbocycles. The van der Waals surface area contributed by atoms with Gasteiger partial charge in [0.25, 0.3) is 5.91 Å². The topological polar surface area (TPSA) is 117 Å². The molecule has 1 aliphatic rings. The van der Waals surface area contributed by atoms with Crippen molar-refractivity contribution in [1.82, 2.24) is 20.9 Å². The van der Waals surface area contributed by atoms with Gasteiger partial charge in [-0.3, -0.25) is 19.2 Å². The number of hydrogen-bond acceptors (Lipinski definition) is 5. The second-order valence-electron chi connectivity index (χ2n) is 9.78. The molecule has 2 aromatic rings. The predicted octanol–water partition coefficient (Wildman–Crippen LogP) is 2.84. The van der Waals surface area contributed by atoms with E-state index >= 15 is 0 Å². The molecular weight excluding hydrogens is 496 g/mol. The number of nitrogens with zero attached hydrogens (tertiary/aromatic N) is 1. The van der Waals surface area contributed by atoms with Crippen LogP contribution in [0.4, 0.5) is 0 Å². The summed E-state index contributed by atoms with van der Waals surface area (Å²) in [5.74, 6) is -1.19. The Kier molecular flexibility index (Phi) is 11.8. The number of benzene rings is 2. The van der Waals surface area contributed by atoms with Crippen LogP contribution in [-0.2, 0) is 20.8 Å². The van der Waals surface area contributed by atoms with Gasteiger partial charge in [0.1, 0.15) is 17.8 Å². The zero-order valence-corrected chi connectivity index (χ0v) is 22.9. The standard InChI is InChI=1S/C30H40N4O5/c1-3-17-31-29(37)24-21-27(35)34(2)25(20-22-13-7-6-8-14-22)30(38)32-18-11-4-5-12-19-39-26-16-10-9-15-23(26)28(36)33-24/h6-10,13-16,24-25H,3-5,11-12,17-21H2,1-2H3,(H,31,37)(H,32,38)(H,33,36)/t24-,25-/m0/s1. The first-order valence-corrected chi connectivity index (χ1v) is 13.8. The van der Waals surface area contributed by atoms with Gasteiger partial charge in [0.05, 0.1) is 18.6 Å². The Labute approximate surface area is 230 Å². The molecule has 2 aromatic carbocycles. The van der Waals surface area contributed by atoms with Gasteiger partial charge in [-0.25, -0.2) is 0 Å². The molecule has 9 heteroatoms. The molecule has 0 aromatic heterocycles. The zero-order valence-electron chi connectivity index (χ0n) is 22.9. The number of para-hydroxylation sites is 1. The maximum absolute atomic E-state index is 13.5. The van der Waals surface area contributed by atoms with Crippen molar-refractivity contribution in [2.24, 2.45) is 0 Å². The minimum atomic E-state index is -1.12. The molecular formula is C30H40N4O5. The van der Waals surface area contributed by atoms with Crippen LogP contribution in [-0.4, -0.2) is 67.4 Å². The van der Waals surface area contributed by atoms with Crippen LogP contribution in [0.3, 0.4) is 0 Å². The fourth-order valence-electron chi connectivity index (χ4n) is 4.42. The van der Waals surface area contributed by atoms with Crippen molar-refractivity contribution in [1.29, 1.82) is 0 Å². The fourth-order valence-corrected chi connectivity index (χ4v) is 4.42. The highest BCUT2D eigenvalue weighted by molar-refractivity contribution is 6.01. The van der Waals surface area contributed by atoms with E-state index in [0.717, 1.165) is 31.2 Å². The lowest BCUT2D eigenvalue weighted by molar-refractivity contribution is -0.140. The van der Waals surface area contributed by atoms with Crippen LogP contribution in [0.2, 0.25) is 0 Å². The molecule has 0 radical (unpaired) electrons. The summed E-state index contributed by atoms with van der Waals surface area (Å²) >= 11 is 0. The van der Waals surface area contributed by atoms with Gasteiger partial charge in [-0.2, -0.15) is 0 Å². The van der Waals surface area contributed by atoms with Gasteiger partial charge in [0.15, 0.2) is 0 Å². The number of rotatable bonds is 5. The third kappa shape index (κ3) is 9.12. The number of nitrogens with one attached hydrogen (secondary N) is 3. The molecule has 0 aliphatic carbocycles. The largest absolute Gasteiger partial charge is 0.493 e. The monoisotopic (exact) mass is 536 g/mol. The number of hydrogen-bond donors (Lipinski definition) is 3. The minimum Gasteiger partial charge on any atom is -0.493 e. The molecule has 3 N–H and O–H groups in total. The molecule has 4 amide bonds. The average Bonchev–Trinajstić information content (AvgIpc) is 2.95. The normalized spacial score (nSPS) is 19.9. The van der Waals surface area contributed by atoms with Gasteiger partial charge in [-0.1, -0.05) is 62.2 Å².